The van der Waals surface area contributed by atoms with E-state index in [1.54, 1.807) is 0 Å². The minimum absolute atomic E-state index is 0.0726. The number of piperidine rings is 1. The van der Waals surface area contributed by atoms with E-state index in [9.17, 15) is 4.79 Å². The van der Waals surface area contributed by atoms with Crippen molar-refractivity contribution in [2.45, 2.75) is 18.4 Å². The van der Waals surface area contributed by atoms with E-state index in [4.69, 9.17) is 4.74 Å². The number of hydrogen-bond acceptors (Lipinski definition) is 4. The van der Waals surface area contributed by atoms with Gasteiger partial charge in [0.25, 0.3) is 0 Å². The van der Waals surface area contributed by atoms with Gasteiger partial charge in [0.15, 0.2) is 0 Å². The highest BCUT2D eigenvalue weighted by atomic mass is 16.6. The number of carbonyl (C=O) groups is 1. The van der Waals surface area contributed by atoms with Crippen LogP contribution in [-0.4, -0.2) is 67.1 Å². The number of piperazine rings is 1. The van der Waals surface area contributed by atoms with Gasteiger partial charge in [-0.2, -0.15) is 0 Å². The first-order chi connectivity index (χ1) is 13.7. The normalized spacial score (nSPS) is 20.7. The van der Waals surface area contributed by atoms with Gasteiger partial charge in [-0.25, -0.2) is 4.79 Å². The molecule has 0 aromatic heterocycles. The van der Waals surface area contributed by atoms with Crippen LogP contribution in [0.25, 0.3) is 0 Å². The molecule has 28 heavy (non-hydrogen) atoms. The van der Waals surface area contributed by atoms with E-state index in [1.807, 2.05) is 35.2 Å². The summed E-state index contributed by atoms with van der Waals surface area (Å²) < 4.78 is 5.52. The highest BCUT2D eigenvalue weighted by Gasteiger charge is 2.42. The van der Waals surface area contributed by atoms with Gasteiger partial charge in [-0.3, -0.25) is 4.90 Å². The molecule has 2 aliphatic rings. The molecule has 5 heteroatoms. The number of ether oxygens (including phenoxy) is 1. The summed E-state index contributed by atoms with van der Waals surface area (Å²) in [5.74, 6) is 0.603. The summed E-state index contributed by atoms with van der Waals surface area (Å²) in [6.45, 7) is 5.37. The van der Waals surface area contributed by atoms with Gasteiger partial charge < -0.3 is 14.5 Å². The Bertz CT molecular complexity index is 765. The molecule has 2 aromatic rings. The van der Waals surface area contributed by atoms with Crippen molar-refractivity contribution in [1.29, 1.82) is 0 Å². The predicted octanol–water partition coefficient (Wildman–Crippen LogP) is 3.42. The summed E-state index contributed by atoms with van der Waals surface area (Å²) in [4.78, 5) is 19.4. The van der Waals surface area contributed by atoms with E-state index < -0.39 is 0 Å². The van der Waals surface area contributed by atoms with Crippen molar-refractivity contribution < 1.29 is 9.53 Å². The standard InChI is InChI=1S/C23H29N3O2/c1-24-14-12-23(13-15-24,20-8-4-2-5-9-20)26-18-16-25(17-19-26)22(27)28-21-10-6-3-7-11-21/h2-11H,12-19H2,1H3. The van der Waals surface area contributed by atoms with Crippen molar-refractivity contribution in [1.82, 2.24) is 14.7 Å². The van der Waals surface area contributed by atoms with Crippen LogP contribution in [0.1, 0.15) is 18.4 Å². The van der Waals surface area contributed by atoms with Crippen LogP contribution in [0.5, 0.6) is 5.75 Å². The molecule has 2 saturated heterocycles. The zero-order valence-corrected chi connectivity index (χ0v) is 16.6. The van der Waals surface area contributed by atoms with E-state index in [2.05, 4.69) is 47.2 Å². The Morgan fingerprint density at radius 3 is 2.00 bits per heavy atom. The van der Waals surface area contributed by atoms with Crippen LogP contribution in [0, 0.1) is 0 Å². The lowest BCUT2D eigenvalue weighted by Gasteiger charge is -2.51. The van der Waals surface area contributed by atoms with Crippen LogP contribution in [0.15, 0.2) is 60.7 Å². The van der Waals surface area contributed by atoms with Crippen LogP contribution >= 0.6 is 0 Å². The topological polar surface area (TPSA) is 36.0 Å². The molecule has 2 fully saturated rings. The molecule has 1 amide bonds. The molecule has 4 rings (SSSR count). The second-order valence-corrected chi connectivity index (χ2v) is 7.86. The molecule has 2 heterocycles. The maximum absolute atomic E-state index is 12.5. The number of amides is 1. The zero-order valence-electron chi connectivity index (χ0n) is 16.6. The summed E-state index contributed by atoms with van der Waals surface area (Å²) in [6, 6.07) is 20.2. The first kappa shape index (κ1) is 19.0. The number of benzene rings is 2. The molecular formula is C23H29N3O2. The zero-order chi connectivity index (χ0) is 19.4. The number of nitrogens with zero attached hydrogens (tertiary/aromatic N) is 3. The quantitative estimate of drug-likeness (QED) is 0.819. The Morgan fingerprint density at radius 2 is 1.39 bits per heavy atom. The number of hydrogen-bond donors (Lipinski definition) is 0. The summed E-state index contributed by atoms with van der Waals surface area (Å²) in [5, 5.41) is 0. The number of likely N-dealkylation sites (tertiary alicyclic amines) is 1. The van der Waals surface area contributed by atoms with Gasteiger partial charge in [0.1, 0.15) is 5.75 Å². The molecule has 2 aliphatic heterocycles. The van der Waals surface area contributed by atoms with Crippen LogP contribution in [0.2, 0.25) is 0 Å². The highest BCUT2D eigenvalue weighted by Crippen LogP contribution is 2.39. The SMILES string of the molecule is CN1CCC(c2ccccc2)(N2CCN(C(=O)Oc3ccccc3)CC2)CC1. The molecule has 148 valence electrons. The average molecular weight is 380 g/mol. The summed E-state index contributed by atoms with van der Waals surface area (Å²) in [6.07, 6.45) is 2.01. The Kier molecular flexibility index (Phi) is 5.64. The van der Waals surface area contributed by atoms with Crippen molar-refractivity contribution in [2.24, 2.45) is 0 Å². The molecule has 0 N–H and O–H groups in total. The number of carbonyl (C=O) groups excluding carboxylic acids is 1. The Hall–Kier alpha value is -2.37. The van der Waals surface area contributed by atoms with Crippen molar-refractivity contribution in [3.63, 3.8) is 0 Å². The summed E-state index contributed by atoms with van der Waals surface area (Å²) >= 11 is 0. The van der Waals surface area contributed by atoms with E-state index in [0.29, 0.717) is 18.8 Å². The second kappa shape index (κ2) is 8.33. The third-order valence-electron chi connectivity index (χ3n) is 6.22. The van der Waals surface area contributed by atoms with Crippen molar-refractivity contribution in [2.75, 3.05) is 46.3 Å². The lowest BCUT2D eigenvalue weighted by atomic mass is 9.79. The lowest BCUT2D eigenvalue weighted by molar-refractivity contribution is -0.00630. The first-order valence-corrected chi connectivity index (χ1v) is 10.2. The molecule has 2 aromatic carbocycles. The lowest BCUT2D eigenvalue weighted by Crippen LogP contribution is -2.59. The highest BCUT2D eigenvalue weighted by molar-refractivity contribution is 5.70. The van der Waals surface area contributed by atoms with Gasteiger partial charge in [-0.15, -0.1) is 0 Å². The van der Waals surface area contributed by atoms with E-state index in [-0.39, 0.29) is 11.6 Å². The molecule has 0 spiro atoms. The van der Waals surface area contributed by atoms with Gasteiger partial charge >= 0.3 is 6.09 Å². The molecule has 5 nitrogen and oxygen atoms in total. The van der Waals surface area contributed by atoms with Crippen LogP contribution < -0.4 is 4.74 Å². The van der Waals surface area contributed by atoms with Crippen molar-refractivity contribution >= 4 is 6.09 Å². The molecule has 0 unspecified atom stereocenters. The Labute approximate surface area is 167 Å². The maximum atomic E-state index is 12.5. The fourth-order valence-electron chi connectivity index (χ4n) is 4.50. The second-order valence-electron chi connectivity index (χ2n) is 7.86. The van der Waals surface area contributed by atoms with Crippen LogP contribution in [0.4, 0.5) is 4.79 Å². The van der Waals surface area contributed by atoms with E-state index in [1.165, 1.54) is 5.56 Å². The van der Waals surface area contributed by atoms with Gasteiger partial charge in [0.05, 0.1) is 0 Å². The van der Waals surface area contributed by atoms with E-state index >= 15 is 0 Å². The monoisotopic (exact) mass is 379 g/mol. The van der Waals surface area contributed by atoms with Gasteiger partial charge in [-0.1, -0.05) is 48.5 Å². The van der Waals surface area contributed by atoms with Crippen molar-refractivity contribution in [3.05, 3.63) is 66.2 Å². The fourth-order valence-corrected chi connectivity index (χ4v) is 4.50. The Balaban J connectivity index is 1.44. The molecule has 0 radical (unpaired) electrons. The fraction of sp³-hybridized carbons (Fsp3) is 0.435. The Morgan fingerprint density at radius 1 is 0.821 bits per heavy atom. The molecule has 0 atom stereocenters. The van der Waals surface area contributed by atoms with Crippen molar-refractivity contribution in [3.8, 4) is 5.75 Å². The first-order valence-electron chi connectivity index (χ1n) is 10.2. The molecule has 0 saturated carbocycles. The maximum Gasteiger partial charge on any atom is 0.415 e. The number of para-hydroxylation sites is 1. The van der Waals surface area contributed by atoms with Gasteiger partial charge in [-0.05, 0) is 50.7 Å². The molecule has 0 aliphatic carbocycles. The smallest absolute Gasteiger partial charge is 0.410 e. The molecule has 0 bridgehead atoms. The third-order valence-corrected chi connectivity index (χ3v) is 6.22. The van der Waals surface area contributed by atoms with E-state index in [0.717, 1.165) is 39.0 Å². The van der Waals surface area contributed by atoms with Gasteiger partial charge in [0.2, 0.25) is 0 Å². The van der Waals surface area contributed by atoms with Crippen LogP contribution in [0.3, 0.4) is 0 Å². The average Bonchev–Trinajstić information content (AvgIpc) is 2.76. The van der Waals surface area contributed by atoms with Crippen LogP contribution in [-0.2, 0) is 5.54 Å². The minimum atomic E-state index is -0.247. The third kappa shape index (κ3) is 3.91. The molecular weight excluding hydrogens is 350 g/mol. The minimum Gasteiger partial charge on any atom is -0.410 e. The largest absolute Gasteiger partial charge is 0.415 e. The summed E-state index contributed by atoms with van der Waals surface area (Å²) in [5.41, 5.74) is 1.48. The number of rotatable bonds is 3. The summed E-state index contributed by atoms with van der Waals surface area (Å²) in [7, 11) is 2.20. The predicted molar refractivity (Wildman–Crippen MR) is 110 cm³/mol. The van der Waals surface area contributed by atoms with Gasteiger partial charge in [0, 0.05) is 31.7 Å².